The van der Waals surface area contributed by atoms with E-state index in [9.17, 15) is 4.79 Å². The van der Waals surface area contributed by atoms with Crippen molar-refractivity contribution < 1.29 is 9.53 Å². The number of halogens is 1. The maximum absolute atomic E-state index is 12.5. The Balaban J connectivity index is 1.88. The van der Waals surface area contributed by atoms with Crippen molar-refractivity contribution >= 4 is 21.7 Å². The van der Waals surface area contributed by atoms with Crippen molar-refractivity contribution in [2.24, 2.45) is 5.73 Å². The van der Waals surface area contributed by atoms with Crippen molar-refractivity contribution in [3.63, 3.8) is 0 Å². The number of benzene rings is 1. The zero-order chi connectivity index (χ0) is 14.8. The molecule has 5 heteroatoms. The first-order valence-electron chi connectivity index (χ1n) is 6.79. The third-order valence-corrected chi connectivity index (χ3v) is 3.98. The summed E-state index contributed by atoms with van der Waals surface area (Å²) >= 11 is 3.49. The highest BCUT2D eigenvalue weighted by atomic mass is 79.9. The number of nitrogens with zero attached hydrogens (tertiary/aromatic N) is 1. The first kappa shape index (κ1) is 14.2. The number of hydrogen-bond donors (Lipinski definition) is 1. The molecule has 0 atom stereocenters. The number of carbonyl (C=O) groups is 1. The van der Waals surface area contributed by atoms with E-state index >= 15 is 0 Å². The SMILES string of the molecule is NCc1cc(C(=O)Cc2cc(Br)cc3c2OCC3)ccn1. The Morgan fingerprint density at radius 1 is 1.38 bits per heavy atom. The highest BCUT2D eigenvalue weighted by Crippen LogP contribution is 2.33. The molecular formula is C16H15BrN2O2. The van der Waals surface area contributed by atoms with E-state index in [1.54, 1.807) is 18.3 Å². The molecule has 1 aliphatic rings. The highest BCUT2D eigenvalue weighted by Gasteiger charge is 2.19. The summed E-state index contributed by atoms with van der Waals surface area (Å²) in [6.45, 7) is 1.01. The van der Waals surface area contributed by atoms with Gasteiger partial charge in [0.1, 0.15) is 5.75 Å². The lowest BCUT2D eigenvalue weighted by Crippen LogP contribution is -2.07. The van der Waals surface area contributed by atoms with Crippen LogP contribution in [-0.2, 0) is 19.4 Å². The molecule has 4 nitrogen and oxygen atoms in total. The predicted molar refractivity (Wildman–Crippen MR) is 83.5 cm³/mol. The van der Waals surface area contributed by atoms with Crippen LogP contribution < -0.4 is 10.5 Å². The van der Waals surface area contributed by atoms with Gasteiger partial charge >= 0.3 is 0 Å². The number of fused-ring (bicyclic) bond motifs is 1. The summed E-state index contributed by atoms with van der Waals surface area (Å²) in [5.41, 5.74) is 9.00. The average Bonchev–Trinajstić information content (AvgIpc) is 2.95. The maximum Gasteiger partial charge on any atom is 0.167 e. The molecule has 21 heavy (non-hydrogen) atoms. The van der Waals surface area contributed by atoms with E-state index in [1.807, 2.05) is 6.07 Å². The van der Waals surface area contributed by atoms with Crippen molar-refractivity contribution in [3.05, 3.63) is 57.3 Å². The minimum atomic E-state index is 0.0444. The lowest BCUT2D eigenvalue weighted by molar-refractivity contribution is 0.0992. The summed E-state index contributed by atoms with van der Waals surface area (Å²) in [5.74, 6) is 0.905. The normalized spacial score (nSPS) is 12.9. The van der Waals surface area contributed by atoms with Gasteiger partial charge < -0.3 is 10.5 Å². The lowest BCUT2D eigenvalue weighted by atomic mass is 10.00. The van der Waals surface area contributed by atoms with Gasteiger partial charge in [0.25, 0.3) is 0 Å². The number of aromatic nitrogens is 1. The Bertz CT molecular complexity index is 701. The zero-order valence-corrected chi connectivity index (χ0v) is 13.0. The standard InChI is InChI=1S/C16H15BrN2O2/c17-13-5-11-2-4-21-16(11)12(6-13)8-15(20)10-1-3-19-14(7-10)9-18/h1,3,5-7H,2,4,8-9,18H2. The fourth-order valence-electron chi connectivity index (χ4n) is 2.52. The minimum Gasteiger partial charge on any atom is -0.493 e. The maximum atomic E-state index is 12.5. The van der Waals surface area contributed by atoms with Crippen molar-refractivity contribution in [3.8, 4) is 5.75 Å². The van der Waals surface area contributed by atoms with Crippen LogP contribution >= 0.6 is 15.9 Å². The molecule has 0 bridgehead atoms. The Morgan fingerprint density at radius 3 is 3.05 bits per heavy atom. The Hall–Kier alpha value is -1.72. The second kappa shape index (κ2) is 5.95. The van der Waals surface area contributed by atoms with Crippen LogP contribution in [0.5, 0.6) is 5.75 Å². The molecular weight excluding hydrogens is 332 g/mol. The zero-order valence-electron chi connectivity index (χ0n) is 11.4. The predicted octanol–water partition coefficient (Wildman–Crippen LogP) is 2.66. The van der Waals surface area contributed by atoms with Crippen molar-refractivity contribution in [2.45, 2.75) is 19.4 Å². The van der Waals surface area contributed by atoms with Gasteiger partial charge in [0.15, 0.2) is 5.78 Å². The molecule has 1 aromatic carbocycles. The quantitative estimate of drug-likeness (QED) is 0.864. The van der Waals surface area contributed by atoms with Crippen LogP contribution in [0, 0.1) is 0 Å². The molecule has 2 heterocycles. The lowest BCUT2D eigenvalue weighted by Gasteiger charge is -2.09. The van der Waals surface area contributed by atoms with Crippen LogP contribution in [0.15, 0.2) is 34.9 Å². The molecule has 0 spiro atoms. The topological polar surface area (TPSA) is 65.2 Å². The van der Waals surface area contributed by atoms with E-state index in [2.05, 4.69) is 27.0 Å². The number of Topliss-reactive ketones (excluding diaryl/α,β-unsaturated/α-hetero) is 1. The molecule has 0 aliphatic carbocycles. The fraction of sp³-hybridized carbons (Fsp3) is 0.250. The van der Waals surface area contributed by atoms with Gasteiger partial charge in [-0.2, -0.15) is 0 Å². The molecule has 2 N–H and O–H groups in total. The minimum absolute atomic E-state index is 0.0444. The van der Waals surface area contributed by atoms with Gasteiger partial charge in [0.05, 0.1) is 12.3 Å². The number of ketones is 1. The third-order valence-electron chi connectivity index (χ3n) is 3.52. The van der Waals surface area contributed by atoms with Crippen LogP contribution in [-0.4, -0.2) is 17.4 Å². The fourth-order valence-corrected chi connectivity index (χ4v) is 3.07. The average molecular weight is 347 g/mol. The van der Waals surface area contributed by atoms with Gasteiger partial charge in [-0.15, -0.1) is 0 Å². The van der Waals surface area contributed by atoms with E-state index in [0.29, 0.717) is 25.1 Å². The van der Waals surface area contributed by atoms with E-state index in [4.69, 9.17) is 10.5 Å². The summed E-state index contributed by atoms with van der Waals surface area (Å²) < 4.78 is 6.64. The summed E-state index contributed by atoms with van der Waals surface area (Å²) in [4.78, 5) is 16.6. The van der Waals surface area contributed by atoms with E-state index in [0.717, 1.165) is 33.5 Å². The summed E-state index contributed by atoms with van der Waals surface area (Å²) in [6.07, 6.45) is 2.83. The first-order chi connectivity index (χ1) is 10.2. The Labute approximate surface area is 131 Å². The van der Waals surface area contributed by atoms with Crippen LogP contribution in [0.25, 0.3) is 0 Å². The van der Waals surface area contributed by atoms with Crippen molar-refractivity contribution in [1.82, 2.24) is 4.98 Å². The highest BCUT2D eigenvalue weighted by molar-refractivity contribution is 9.10. The van der Waals surface area contributed by atoms with E-state index < -0.39 is 0 Å². The summed E-state index contributed by atoms with van der Waals surface area (Å²) in [7, 11) is 0. The molecule has 0 radical (unpaired) electrons. The molecule has 0 amide bonds. The second-order valence-corrected chi connectivity index (χ2v) is 5.91. The first-order valence-corrected chi connectivity index (χ1v) is 7.59. The molecule has 108 valence electrons. The number of rotatable bonds is 4. The molecule has 0 fully saturated rings. The van der Waals surface area contributed by atoms with Gasteiger partial charge in [0, 0.05) is 41.2 Å². The summed E-state index contributed by atoms with van der Waals surface area (Å²) in [6, 6.07) is 7.48. The largest absolute Gasteiger partial charge is 0.493 e. The van der Waals surface area contributed by atoms with Gasteiger partial charge in [0.2, 0.25) is 0 Å². The monoisotopic (exact) mass is 346 g/mol. The smallest absolute Gasteiger partial charge is 0.167 e. The second-order valence-electron chi connectivity index (χ2n) is 4.99. The Kier molecular flexibility index (Phi) is 4.03. The number of nitrogens with two attached hydrogens (primary N) is 1. The molecule has 3 rings (SSSR count). The van der Waals surface area contributed by atoms with E-state index in [-0.39, 0.29) is 5.78 Å². The molecule has 0 saturated carbocycles. The number of hydrogen-bond acceptors (Lipinski definition) is 4. The third kappa shape index (κ3) is 2.99. The molecule has 0 saturated heterocycles. The van der Waals surface area contributed by atoms with Crippen LogP contribution in [0.3, 0.4) is 0 Å². The number of pyridine rings is 1. The van der Waals surface area contributed by atoms with Crippen LogP contribution in [0.4, 0.5) is 0 Å². The molecule has 1 aromatic heterocycles. The molecule has 0 unspecified atom stereocenters. The van der Waals surface area contributed by atoms with Gasteiger partial charge in [-0.25, -0.2) is 0 Å². The number of ether oxygens (including phenoxy) is 1. The van der Waals surface area contributed by atoms with Gasteiger partial charge in [-0.05, 0) is 29.8 Å². The summed E-state index contributed by atoms with van der Waals surface area (Å²) in [5, 5.41) is 0. The Morgan fingerprint density at radius 2 is 2.24 bits per heavy atom. The van der Waals surface area contributed by atoms with Crippen molar-refractivity contribution in [1.29, 1.82) is 0 Å². The van der Waals surface area contributed by atoms with E-state index in [1.165, 1.54) is 0 Å². The number of carbonyl (C=O) groups excluding carboxylic acids is 1. The van der Waals surface area contributed by atoms with Crippen LogP contribution in [0.2, 0.25) is 0 Å². The van der Waals surface area contributed by atoms with Gasteiger partial charge in [-0.3, -0.25) is 9.78 Å². The van der Waals surface area contributed by atoms with Crippen LogP contribution in [0.1, 0.15) is 27.2 Å². The van der Waals surface area contributed by atoms with Crippen molar-refractivity contribution in [2.75, 3.05) is 6.61 Å². The van der Waals surface area contributed by atoms with Gasteiger partial charge in [-0.1, -0.05) is 15.9 Å². The molecule has 1 aliphatic heterocycles. The molecule has 2 aromatic rings.